The lowest BCUT2D eigenvalue weighted by atomic mass is 9.91. The van der Waals surface area contributed by atoms with Crippen molar-refractivity contribution in [2.75, 3.05) is 33.9 Å². The van der Waals surface area contributed by atoms with Gasteiger partial charge in [0.15, 0.2) is 11.5 Å². The summed E-state index contributed by atoms with van der Waals surface area (Å²) in [5.74, 6) is 0.125. The van der Waals surface area contributed by atoms with Crippen molar-refractivity contribution in [2.45, 2.75) is 43.3 Å². The summed E-state index contributed by atoms with van der Waals surface area (Å²) >= 11 is 12.4. The first-order valence-corrected chi connectivity index (χ1v) is 13.9. The number of piperazine rings is 1. The van der Waals surface area contributed by atoms with Gasteiger partial charge in [0.25, 0.3) is 0 Å². The Bertz CT molecular complexity index is 1340. The van der Waals surface area contributed by atoms with Crippen LogP contribution in [0, 0.1) is 0 Å². The Morgan fingerprint density at radius 1 is 0.973 bits per heavy atom. The van der Waals surface area contributed by atoms with Crippen LogP contribution in [0.1, 0.15) is 25.8 Å². The summed E-state index contributed by atoms with van der Waals surface area (Å²) in [6.45, 7) is 3.45. The highest BCUT2D eigenvalue weighted by Gasteiger charge is 2.57. The van der Waals surface area contributed by atoms with Crippen LogP contribution in [-0.4, -0.2) is 79.9 Å². The average Bonchev–Trinajstić information content (AvgIpc) is 2.86. The molecule has 0 aromatic heterocycles. The van der Waals surface area contributed by atoms with Crippen molar-refractivity contribution in [3.63, 3.8) is 0 Å². The number of hydrogen-bond donors (Lipinski definition) is 0. The maximum absolute atomic E-state index is 14.2. The number of carbonyl (C=O) groups excluding carboxylic acids is 2. The third-order valence-corrected chi connectivity index (χ3v) is 9.56. The highest BCUT2D eigenvalue weighted by Crippen LogP contribution is 2.41. The van der Waals surface area contributed by atoms with Crippen LogP contribution >= 0.6 is 23.2 Å². The van der Waals surface area contributed by atoms with Gasteiger partial charge in [0.1, 0.15) is 12.2 Å². The molecule has 2 aromatic rings. The zero-order valence-corrected chi connectivity index (χ0v) is 23.4. The van der Waals surface area contributed by atoms with Gasteiger partial charge >= 0.3 is 0 Å². The molecule has 2 saturated heterocycles. The molecule has 0 radical (unpaired) electrons. The van der Waals surface area contributed by atoms with Crippen molar-refractivity contribution in [1.29, 1.82) is 0 Å². The molecule has 0 aliphatic carbocycles. The number of amides is 2. The molecule has 4 rings (SSSR count). The minimum absolute atomic E-state index is 0.00199. The number of fused-ring (bicyclic) bond motifs is 1. The molecule has 2 fully saturated rings. The fraction of sp³-hybridized carbons (Fsp3) is 0.440. The molecule has 200 valence electrons. The predicted molar refractivity (Wildman–Crippen MR) is 140 cm³/mol. The van der Waals surface area contributed by atoms with Crippen LogP contribution in [0.15, 0.2) is 41.3 Å². The van der Waals surface area contributed by atoms with Crippen molar-refractivity contribution < 1.29 is 27.5 Å². The first-order valence-electron chi connectivity index (χ1n) is 11.7. The fourth-order valence-corrected chi connectivity index (χ4v) is 7.10. The molecular weight excluding hydrogens is 541 g/mol. The molecule has 2 aliphatic rings. The number of benzene rings is 2. The summed E-state index contributed by atoms with van der Waals surface area (Å²) in [4.78, 5) is 29.2. The number of halogens is 2. The van der Waals surface area contributed by atoms with E-state index in [1.165, 1.54) is 41.6 Å². The van der Waals surface area contributed by atoms with E-state index in [0.717, 1.165) is 0 Å². The Hall–Kier alpha value is -2.53. The van der Waals surface area contributed by atoms with Crippen molar-refractivity contribution in [3.05, 3.63) is 52.0 Å². The monoisotopic (exact) mass is 569 g/mol. The van der Waals surface area contributed by atoms with Gasteiger partial charge in [0.05, 0.1) is 35.7 Å². The minimum Gasteiger partial charge on any atom is -0.493 e. The maximum atomic E-state index is 14.2. The van der Waals surface area contributed by atoms with E-state index < -0.39 is 15.7 Å². The van der Waals surface area contributed by atoms with Crippen molar-refractivity contribution in [3.8, 4) is 11.5 Å². The number of carbonyl (C=O) groups is 2. The van der Waals surface area contributed by atoms with Gasteiger partial charge in [-0.05, 0) is 43.7 Å². The number of sulfonamides is 1. The summed E-state index contributed by atoms with van der Waals surface area (Å²) < 4.78 is 40.4. The van der Waals surface area contributed by atoms with E-state index in [1.807, 2.05) is 13.8 Å². The Balaban J connectivity index is 1.90. The lowest BCUT2D eigenvalue weighted by Crippen LogP contribution is -2.77. The summed E-state index contributed by atoms with van der Waals surface area (Å²) in [5.41, 5.74) is -0.698. The second kappa shape index (κ2) is 10.3. The molecule has 1 atom stereocenters. The van der Waals surface area contributed by atoms with Crippen LogP contribution in [-0.2, 0) is 26.0 Å². The zero-order valence-electron chi connectivity index (χ0n) is 21.0. The molecule has 0 saturated carbocycles. The Labute approximate surface area is 226 Å². The highest BCUT2D eigenvalue weighted by molar-refractivity contribution is 7.89. The highest BCUT2D eigenvalue weighted by atomic mass is 35.5. The van der Waals surface area contributed by atoms with Crippen LogP contribution in [0.25, 0.3) is 0 Å². The molecule has 2 amide bonds. The van der Waals surface area contributed by atoms with E-state index in [4.69, 9.17) is 32.7 Å². The Kier molecular flexibility index (Phi) is 7.67. The number of rotatable bonds is 7. The van der Waals surface area contributed by atoms with Gasteiger partial charge in [-0.3, -0.25) is 9.59 Å². The van der Waals surface area contributed by atoms with E-state index in [-0.39, 0.29) is 61.0 Å². The van der Waals surface area contributed by atoms with E-state index in [2.05, 4.69) is 0 Å². The maximum Gasteiger partial charge on any atom is 0.245 e. The first kappa shape index (κ1) is 27.5. The molecule has 37 heavy (non-hydrogen) atoms. The van der Waals surface area contributed by atoms with Crippen LogP contribution < -0.4 is 9.47 Å². The van der Waals surface area contributed by atoms with Gasteiger partial charge in [-0.25, -0.2) is 8.42 Å². The van der Waals surface area contributed by atoms with Crippen LogP contribution in [0.4, 0.5) is 0 Å². The summed E-state index contributed by atoms with van der Waals surface area (Å²) in [6, 6.07) is 9.20. The quantitative estimate of drug-likeness (QED) is 0.507. The summed E-state index contributed by atoms with van der Waals surface area (Å²) in [5, 5.41) is 0.670. The summed E-state index contributed by atoms with van der Waals surface area (Å²) in [6.07, 6.45) is 0.0588. The second-order valence-corrected chi connectivity index (χ2v) is 12.0. The van der Waals surface area contributed by atoms with Gasteiger partial charge in [-0.2, -0.15) is 4.31 Å². The Morgan fingerprint density at radius 2 is 1.68 bits per heavy atom. The molecule has 9 nitrogen and oxygen atoms in total. The Morgan fingerprint density at radius 3 is 2.30 bits per heavy atom. The molecule has 2 aliphatic heterocycles. The number of hydrogen-bond acceptors (Lipinski definition) is 6. The number of ether oxygens (including phenoxy) is 2. The smallest absolute Gasteiger partial charge is 0.245 e. The molecule has 1 unspecified atom stereocenters. The molecule has 0 bridgehead atoms. The molecular formula is C25H29Cl2N3O6S. The van der Waals surface area contributed by atoms with Gasteiger partial charge in [0, 0.05) is 31.5 Å². The molecule has 0 spiro atoms. The van der Waals surface area contributed by atoms with E-state index in [9.17, 15) is 18.0 Å². The van der Waals surface area contributed by atoms with E-state index in [0.29, 0.717) is 21.4 Å². The summed E-state index contributed by atoms with van der Waals surface area (Å²) in [7, 11) is -1.28. The molecule has 0 N–H and O–H groups in total. The lowest BCUT2D eigenvalue weighted by molar-refractivity contribution is -0.173. The van der Waals surface area contributed by atoms with Crippen LogP contribution in [0.2, 0.25) is 10.0 Å². The predicted octanol–water partition coefficient (Wildman–Crippen LogP) is 3.42. The SMILES string of the molecule is COc1ccc(S(=O)(=O)N2CCC(=O)N3CC(=O)N(C(C)C)CC32Cc2ccc(Cl)c(Cl)c2)cc1OC. The largest absolute Gasteiger partial charge is 0.493 e. The standard InChI is InChI=1S/C25H29Cl2N3O6S/c1-16(2)28-15-25(13-17-5-7-19(26)20(27)11-17)29(14-24(28)32)23(31)9-10-30(25)37(33,34)18-6-8-21(35-3)22(12-18)36-4/h5-8,11-12,16H,9-10,13-15H2,1-4H3. The molecule has 12 heteroatoms. The van der Waals surface area contributed by atoms with Crippen molar-refractivity contribution in [2.24, 2.45) is 0 Å². The normalized spacial score (nSPS) is 20.8. The van der Waals surface area contributed by atoms with Crippen molar-refractivity contribution >= 4 is 45.0 Å². The van der Waals surface area contributed by atoms with Gasteiger partial charge < -0.3 is 19.3 Å². The van der Waals surface area contributed by atoms with E-state index >= 15 is 0 Å². The van der Waals surface area contributed by atoms with Crippen LogP contribution in [0.3, 0.4) is 0 Å². The lowest BCUT2D eigenvalue weighted by Gasteiger charge is -2.57. The molecule has 2 heterocycles. The molecule has 2 aromatic carbocycles. The number of nitrogens with zero attached hydrogens (tertiary/aromatic N) is 3. The average molecular weight is 570 g/mol. The van der Waals surface area contributed by atoms with E-state index in [1.54, 1.807) is 23.1 Å². The zero-order chi connectivity index (χ0) is 27.1. The van der Waals surface area contributed by atoms with Crippen molar-refractivity contribution in [1.82, 2.24) is 14.1 Å². The third-order valence-electron chi connectivity index (χ3n) is 6.87. The topological polar surface area (TPSA) is 96.5 Å². The minimum atomic E-state index is -4.17. The van der Waals surface area contributed by atoms with Gasteiger partial charge in [0.2, 0.25) is 21.8 Å². The first-order chi connectivity index (χ1) is 17.4. The number of methoxy groups -OCH3 is 2. The van der Waals surface area contributed by atoms with Gasteiger partial charge in [-0.1, -0.05) is 29.3 Å². The van der Waals surface area contributed by atoms with Crippen LogP contribution in [0.5, 0.6) is 11.5 Å². The fourth-order valence-electron chi connectivity index (χ4n) is 5.03. The van der Waals surface area contributed by atoms with Gasteiger partial charge in [-0.15, -0.1) is 0 Å². The third kappa shape index (κ3) is 4.87. The second-order valence-electron chi connectivity index (χ2n) is 9.35.